The zero-order valence-electron chi connectivity index (χ0n) is 4.75. The molecule has 0 aromatic heterocycles. The van der Waals surface area contributed by atoms with Gasteiger partial charge in [-0.3, -0.25) is 5.01 Å². The standard InChI is InChI=1S/C5H9N3/c1-2-5(1)8-4-3-6-7-8/h5H,1-4H2. The predicted octanol–water partition coefficient (Wildman–Crippen LogP) is 0.832. The van der Waals surface area contributed by atoms with Gasteiger partial charge in [0.25, 0.3) is 0 Å². The van der Waals surface area contributed by atoms with Crippen molar-refractivity contribution in [2.24, 2.45) is 10.3 Å². The molecule has 0 aromatic carbocycles. The Hall–Kier alpha value is -0.600. The highest BCUT2D eigenvalue weighted by atomic mass is 15.6. The SMILES string of the molecule is C1CN(C2CC2)N=N1. The Morgan fingerprint density at radius 3 is 2.75 bits per heavy atom. The Balaban J connectivity index is 1.95. The van der Waals surface area contributed by atoms with E-state index in [1.807, 2.05) is 0 Å². The highest BCUT2D eigenvalue weighted by Gasteiger charge is 2.29. The van der Waals surface area contributed by atoms with Gasteiger partial charge in [0.05, 0.1) is 13.1 Å². The van der Waals surface area contributed by atoms with Crippen molar-refractivity contribution in [3.63, 3.8) is 0 Å². The zero-order valence-corrected chi connectivity index (χ0v) is 4.75. The molecule has 44 valence electrons. The Kier molecular flexibility index (Phi) is 0.771. The minimum absolute atomic E-state index is 0.765. The lowest BCUT2D eigenvalue weighted by atomic mass is 10.6. The van der Waals surface area contributed by atoms with E-state index >= 15 is 0 Å². The second-order valence-corrected chi connectivity index (χ2v) is 2.35. The molecule has 0 N–H and O–H groups in total. The van der Waals surface area contributed by atoms with Crippen LogP contribution in [0.4, 0.5) is 0 Å². The van der Waals surface area contributed by atoms with E-state index in [-0.39, 0.29) is 0 Å². The van der Waals surface area contributed by atoms with E-state index in [1.165, 1.54) is 12.8 Å². The van der Waals surface area contributed by atoms with Crippen LogP contribution in [0.2, 0.25) is 0 Å². The quantitative estimate of drug-likeness (QED) is 0.492. The van der Waals surface area contributed by atoms with Crippen molar-refractivity contribution in [1.29, 1.82) is 0 Å². The summed E-state index contributed by atoms with van der Waals surface area (Å²) in [5, 5.41) is 9.93. The van der Waals surface area contributed by atoms with E-state index in [9.17, 15) is 0 Å². The molecule has 1 fully saturated rings. The van der Waals surface area contributed by atoms with Crippen molar-refractivity contribution >= 4 is 0 Å². The fourth-order valence-electron chi connectivity index (χ4n) is 0.946. The minimum Gasteiger partial charge on any atom is -0.274 e. The van der Waals surface area contributed by atoms with E-state index < -0.39 is 0 Å². The monoisotopic (exact) mass is 111 g/mol. The van der Waals surface area contributed by atoms with Crippen LogP contribution >= 0.6 is 0 Å². The lowest BCUT2D eigenvalue weighted by Gasteiger charge is -2.07. The van der Waals surface area contributed by atoms with Crippen LogP contribution in [0.3, 0.4) is 0 Å². The van der Waals surface area contributed by atoms with Crippen LogP contribution in [0.15, 0.2) is 10.3 Å². The molecule has 0 radical (unpaired) electrons. The summed E-state index contributed by atoms with van der Waals surface area (Å²) in [6.07, 6.45) is 2.66. The van der Waals surface area contributed by atoms with Gasteiger partial charge in [-0.1, -0.05) is 5.22 Å². The Labute approximate surface area is 48.4 Å². The molecule has 3 heteroatoms. The first-order chi connectivity index (χ1) is 3.97. The van der Waals surface area contributed by atoms with Gasteiger partial charge in [0.15, 0.2) is 0 Å². The maximum Gasteiger partial charge on any atom is 0.0813 e. The number of rotatable bonds is 1. The third-order valence-electron chi connectivity index (χ3n) is 1.58. The average molecular weight is 111 g/mol. The summed E-state index contributed by atoms with van der Waals surface area (Å²) >= 11 is 0. The summed E-state index contributed by atoms with van der Waals surface area (Å²) in [7, 11) is 0. The molecular formula is C5H9N3. The minimum atomic E-state index is 0.765. The number of hydrogen-bond donors (Lipinski definition) is 0. The first-order valence-electron chi connectivity index (χ1n) is 3.11. The molecule has 1 saturated carbocycles. The molecule has 1 aliphatic carbocycles. The smallest absolute Gasteiger partial charge is 0.0813 e. The summed E-state index contributed by atoms with van der Waals surface area (Å²) in [5.74, 6) is 0. The molecule has 0 saturated heterocycles. The van der Waals surface area contributed by atoms with Gasteiger partial charge in [-0.25, -0.2) is 0 Å². The topological polar surface area (TPSA) is 28.0 Å². The molecule has 1 aliphatic heterocycles. The van der Waals surface area contributed by atoms with Crippen LogP contribution in [-0.2, 0) is 0 Å². The Bertz CT molecular complexity index is 117. The average Bonchev–Trinajstić information content (AvgIpc) is 2.49. The molecule has 2 rings (SSSR count). The van der Waals surface area contributed by atoms with Gasteiger partial charge >= 0.3 is 0 Å². The first-order valence-corrected chi connectivity index (χ1v) is 3.11. The fraction of sp³-hybridized carbons (Fsp3) is 1.00. The summed E-state index contributed by atoms with van der Waals surface area (Å²) in [4.78, 5) is 0. The van der Waals surface area contributed by atoms with Gasteiger partial charge in [0.2, 0.25) is 0 Å². The van der Waals surface area contributed by atoms with Crippen molar-refractivity contribution in [3.8, 4) is 0 Å². The Morgan fingerprint density at radius 2 is 2.25 bits per heavy atom. The van der Waals surface area contributed by atoms with Gasteiger partial charge in [0, 0.05) is 6.04 Å². The van der Waals surface area contributed by atoms with Crippen molar-refractivity contribution in [2.75, 3.05) is 13.1 Å². The normalized spacial score (nSPS) is 27.2. The lowest BCUT2D eigenvalue weighted by molar-refractivity contribution is 0.308. The van der Waals surface area contributed by atoms with Crippen LogP contribution in [0.5, 0.6) is 0 Å². The summed E-state index contributed by atoms with van der Waals surface area (Å²) < 4.78 is 0. The fourth-order valence-corrected chi connectivity index (χ4v) is 0.946. The second kappa shape index (κ2) is 1.44. The molecule has 0 amide bonds. The van der Waals surface area contributed by atoms with E-state index in [0.717, 1.165) is 19.1 Å². The third-order valence-corrected chi connectivity index (χ3v) is 1.58. The molecule has 8 heavy (non-hydrogen) atoms. The largest absolute Gasteiger partial charge is 0.274 e. The highest BCUT2D eigenvalue weighted by Crippen LogP contribution is 2.28. The van der Waals surface area contributed by atoms with Gasteiger partial charge in [0.1, 0.15) is 0 Å². The summed E-state index contributed by atoms with van der Waals surface area (Å²) in [6.45, 7) is 1.97. The molecule has 0 atom stereocenters. The van der Waals surface area contributed by atoms with Crippen LogP contribution in [0.1, 0.15) is 12.8 Å². The van der Waals surface area contributed by atoms with Crippen molar-refractivity contribution < 1.29 is 0 Å². The lowest BCUT2D eigenvalue weighted by Crippen LogP contribution is -2.17. The van der Waals surface area contributed by atoms with E-state index in [1.54, 1.807) is 0 Å². The third kappa shape index (κ3) is 0.582. The maximum absolute atomic E-state index is 3.96. The van der Waals surface area contributed by atoms with Gasteiger partial charge < -0.3 is 0 Å². The second-order valence-electron chi connectivity index (χ2n) is 2.35. The molecule has 1 heterocycles. The van der Waals surface area contributed by atoms with Crippen LogP contribution in [0.25, 0.3) is 0 Å². The summed E-state index contributed by atoms with van der Waals surface area (Å²) in [6, 6.07) is 0.765. The van der Waals surface area contributed by atoms with Crippen LogP contribution in [0, 0.1) is 0 Å². The van der Waals surface area contributed by atoms with E-state index in [2.05, 4.69) is 15.3 Å². The molecule has 0 aromatic rings. The summed E-state index contributed by atoms with van der Waals surface area (Å²) in [5.41, 5.74) is 0. The Morgan fingerprint density at radius 1 is 1.38 bits per heavy atom. The number of nitrogens with zero attached hydrogens (tertiary/aromatic N) is 3. The van der Waals surface area contributed by atoms with Crippen molar-refractivity contribution in [3.05, 3.63) is 0 Å². The van der Waals surface area contributed by atoms with Gasteiger partial charge in [-0.05, 0) is 12.8 Å². The van der Waals surface area contributed by atoms with Crippen molar-refractivity contribution in [1.82, 2.24) is 5.01 Å². The molecule has 2 aliphatic rings. The molecule has 3 nitrogen and oxygen atoms in total. The first kappa shape index (κ1) is 4.30. The molecule has 0 spiro atoms. The highest BCUT2D eigenvalue weighted by molar-refractivity contribution is 4.83. The van der Waals surface area contributed by atoms with Crippen molar-refractivity contribution in [2.45, 2.75) is 18.9 Å². The molecular weight excluding hydrogens is 102 g/mol. The van der Waals surface area contributed by atoms with Gasteiger partial charge in [-0.2, -0.15) is 5.11 Å². The molecule has 0 bridgehead atoms. The van der Waals surface area contributed by atoms with Gasteiger partial charge in [-0.15, -0.1) is 0 Å². The van der Waals surface area contributed by atoms with Crippen LogP contribution in [-0.4, -0.2) is 24.1 Å². The predicted molar refractivity (Wildman–Crippen MR) is 29.5 cm³/mol. The number of hydrogen-bond acceptors (Lipinski definition) is 3. The van der Waals surface area contributed by atoms with E-state index in [0.29, 0.717) is 0 Å². The maximum atomic E-state index is 3.96. The van der Waals surface area contributed by atoms with E-state index in [4.69, 9.17) is 0 Å². The van der Waals surface area contributed by atoms with Crippen LogP contribution < -0.4 is 0 Å². The molecule has 0 unspecified atom stereocenters. The zero-order chi connectivity index (χ0) is 5.40.